The van der Waals surface area contributed by atoms with E-state index in [1.807, 2.05) is 30.0 Å². The van der Waals surface area contributed by atoms with Gasteiger partial charge in [-0.25, -0.2) is 9.97 Å². The highest BCUT2D eigenvalue weighted by atomic mass is 15.3. The van der Waals surface area contributed by atoms with Gasteiger partial charge in [0.05, 0.1) is 6.20 Å². The van der Waals surface area contributed by atoms with Crippen molar-refractivity contribution in [1.82, 2.24) is 14.4 Å². The molecule has 100 valence electrons. The maximum absolute atomic E-state index is 4.70. The SMILES string of the molecule is CNc1cn2ccnc2c(N2CCc3ccccc32)n1. The zero-order chi connectivity index (χ0) is 13.5. The highest BCUT2D eigenvalue weighted by Crippen LogP contribution is 2.35. The number of imidazole rings is 1. The number of hydrogen-bond acceptors (Lipinski definition) is 4. The molecule has 5 nitrogen and oxygen atoms in total. The molecule has 1 N–H and O–H groups in total. The molecule has 4 rings (SSSR count). The van der Waals surface area contributed by atoms with Crippen molar-refractivity contribution in [1.29, 1.82) is 0 Å². The molecule has 0 amide bonds. The van der Waals surface area contributed by atoms with Gasteiger partial charge in [-0.15, -0.1) is 0 Å². The Morgan fingerprint density at radius 2 is 2.15 bits per heavy atom. The molecule has 3 heterocycles. The Morgan fingerprint density at radius 1 is 1.25 bits per heavy atom. The summed E-state index contributed by atoms with van der Waals surface area (Å²) in [5, 5.41) is 3.11. The van der Waals surface area contributed by atoms with Gasteiger partial charge in [-0.05, 0) is 18.1 Å². The topological polar surface area (TPSA) is 45.5 Å². The molecule has 0 fully saturated rings. The van der Waals surface area contributed by atoms with E-state index in [9.17, 15) is 0 Å². The van der Waals surface area contributed by atoms with Gasteiger partial charge in [0.15, 0.2) is 11.5 Å². The standard InChI is InChI=1S/C15H15N5/c1-16-13-10-19-9-7-17-14(19)15(18-13)20-8-6-11-4-2-3-5-12(11)20/h2-5,7,9-10,16H,6,8H2,1H3. The summed E-state index contributed by atoms with van der Waals surface area (Å²) in [5.41, 5.74) is 3.49. The lowest BCUT2D eigenvalue weighted by molar-refractivity contribution is 0.964. The molecular formula is C15H15N5. The molecule has 0 atom stereocenters. The molecule has 20 heavy (non-hydrogen) atoms. The fraction of sp³-hybridized carbons (Fsp3) is 0.200. The lowest BCUT2D eigenvalue weighted by atomic mass is 10.2. The minimum absolute atomic E-state index is 0.842. The monoisotopic (exact) mass is 265 g/mol. The van der Waals surface area contributed by atoms with E-state index in [1.54, 1.807) is 0 Å². The van der Waals surface area contributed by atoms with Crippen LogP contribution in [-0.2, 0) is 6.42 Å². The first-order valence-electron chi connectivity index (χ1n) is 6.74. The smallest absolute Gasteiger partial charge is 0.180 e. The van der Waals surface area contributed by atoms with Crippen LogP contribution in [0.5, 0.6) is 0 Å². The lowest BCUT2D eigenvalue weighted by Crippen LogP contribution is -2.17. The Kier molecular flexibility index (Phi) is 2.39. The van der Waals surface area contributed by atoms with E-state index >= 15 is 0 Å². The summed E-state index contributed by atoms with van der Waals surface area (Å²) in [7, 11) is 1.88. The van der Waals surface area contributed by atoms with Crippen LogP contribution in [0.2, 0.25) is 0 Å². The number of fused-ring (bicyclic) bond motifs is 2. The minimum atomic E-state index is 0.842. The number of nitrogens with zero attached hydrogens (tertiary/aromatic N) is 4. The van der Waals surface area contributed by atoms with Gasteiger partial charge >= 0.3 is 0 Å². The van der Waals surface area contributed by atoms with Crippen molar-refractivity contribution < 1.29 is 0 Å². The third-order valence-corrected chi connectivity index (χ3v) is 3.76. The van der Waals surface area contributed by atoms with Gasteiger partial charge in [0.2, 0.25) is 0 Å². The molecule has 2 aromatic heterocycles. The molecule has 0 bridgehead atoms. The van der Waals surface area contributed by atoms with Crippen LogP contribution in [0.1, 0.15) is 5.56 Å². The van der Waals surface area contributed by atoms with Crippen LogP contribution in [0.3, 0.4) is 0 Å². The number of aromatic nitrogens is 3. The highest BCUT2D eigenvalue weighted by molar-refractivity contribution is 5.77. The van der Waals surface area contributed by atoms with Crippen LogP contribution in [0.4, 0.5) is 17.3 Å². The lowest BCUT2D eigenvalue weighted by Gasteiger charge is -2.19. The first-order valence-corrected chi connectivity index (χ1v) is 6.74. The largest absolute Gasteiger partial charge is 0.372 e. The summed E-state index contributed by atoms with van der Waals surface area (Å²) in [6.07, 6.45) is 6.76. The van der Waals surface area contributed by atoms with Gasteiger partial charge in [-0.1, -0.05) is 18.2 Å². The van der Waals surface area contributed by atoms with E-state index in [2.05, 4.69) is 39.5 Å². The fourth-order valence-corrected chi connectivity index (χ4v) is 2.77. The molecule has 1 aliphatic heterocycles. The van der Waals surface area contributed by atoms with E-state index in [0.717, 1.165) is 30.2 Å². The van der Waals surface area contributed by atoms with E-state index in [0.29, 0.717) is 0 Å². The van der Waals surface area contributed by atoms with Crippen molar-refractivity contribution in [2.24, 2.45) is 0 Å². The number of anilines is 3. The predicted octanol–water partition coefficient (Wildman–Crippen LogP) is 2.47. The van der Waals surface area contributed by atoms with Gasteiger partial charge < -0.3 is 14.6 Å². The number of nitrogens with one attached hydrogen (secondary N) is 1. The second kappa shape index (κ2) is 4.23. The van der Waals surface area contributed by atoms with Crippen molar-refractivity contribution >= 4 is 23.0 Å². The number of para-hydroxylation sites is 1. The van der Waals surface area contributed by atoms with Crippen LogP contribution in [-0.4, -0.2) is 28.0 Å². The summed E-state index contributed by atoms with van der Waals surface area (Å²) in [6, 6.07) is 8.49. The molecule has 0 unspecified atom stereocenters. The van der Waals surface area contributed by atoms with Crippen LogP contribution >= 0.6 is 0 Å². The van der Waals surface area contributed by atoms with E-state index in [-0.39, 0.29) is 0 Å². The van der Waals surface area contributed by atoms with E-state index in [4.69, 9.17) is 4.98 Å². The fourth-order valence-electron chi connectivity index (χ4n) is 2.77. The average Bonchev–Trinajstić information content (AvgIpc) is 3.12. The molecule has 0 saturated heterocycles. The summed E-state index contributed by atoms with van der Waals surface area (Å²) < 4.78 is 2.01. The van der Waals surface area contributed by atoms with Crippen LogP contribution < -0.4 is 10.2 Å². The Bertz CT molecular complexity index is 777. The van der Waals surface area contributed by atoms with Crippen molar-refractivity contribution in [2.75, 3.05) is 23.8 Å². The van der Waals surface area contributed by atoms with E-state index < -0.39 is 0 Å². The minimum Gasteiger partial charge on any atom is -0.372 e. The summed E-state index contributed by atoms with van der Waals surface area (Å²) in [4.78, 5) is 11.4. The van der Waals surface area contributed by atoms with Gasteiger partial charge in [0.1, 0.15) is 5.82 Å². The highest BCUT2D eigenvalue weighted by Gasteiger charge is 2.23. The van der Waals surface area contributed by atoms with Crippen LogP contribution in [0, 0.1) is 0 Å². The molecule has 0 radical (unpaired) electrons. The average molecular weight is 265 g/mol. The number of hydrogen-bond donors (Lipinski definition) is 1. The Hall–Kier alpha value is -2.56. The molecule has 3 aromatic rings. The van der Waals surface area contributed by atoms with Crippen molar-refractivity contribution in [2.45, 2.75) is 6.42 Å². The molecule has 0 aliphatic carbocycles. The Labute approximate surface area is 116 Å². The molecule has 1 aliphatic rings. The third kappa shape index (κ3) is 1.56. The molecule has 0 spiro atoms. The summed E-state index contributed by atoms with van der Waals surface area (Å²) >= 11 is 0. The molecule has 5 heteroatoms. The van der Waals surface area contributed by atoms with Gasteiger partial charge in [0, 0.05) is 31.7 Å². The predicted molar refractivity (Wildman–Crippen MR) is 79.7 cm³/mol. The van der Waals surface area contributed by atoms with Crippen LogP contribution in [0.25, 0.3) is 5.65 Å². The maximum Gasteiger partial charge on any atom is 0.180 e. The normalized spacial score (nSPS) is 13.8. The van der Waals surface area contributed by atoms with Gasteiger partial charge in [0.25, 0.3) is 0 Å². The quantitative estimate of drug-likeness (QED) is 0.773. The van der Waals surface area contributed by atoms with Crippen molar-refractivity contribution in [3.63, 3.8) is 0 Å². The maximum atomic E-state index is 4.70. The van der Waals surface area contributed by atoms with Gasteiger partial charge in [-0.2, -0.15) is 0 Å². The first-order chi connectivity index (χ1) is 9.86. The molecule has 0 saturated carbocycles. The zero-order valence-corrected chi connectivity index (χ0v) is 11.2. The number of rotatable bonds is 2. The second-order valence-electron chi connectivity index (χ2n) is 4.89. The third-order valence-electron chi connectivity index (χ3n) is 3.76. The Balaban J connectivity index is 1.93. The first kappa shape index (κ1) is 11.3. The van der Waals surface area contributed by atoms with Gasteiger partial charge in [-0.3, -0.25) is 0 Å². The Morgan fingerprint density at radius 3 is 3.05 bits per heavy atom. The van der Waals surface area contributed by atoms with Crippen molar-refractivity contribution in [3.05, 3.63) is 48.4 Å². The zero-order valence-electron chi connectivity index (χ0n) is 11.2. The van der Waals surface area contributed by atoms with E-state index in [1.165, 1.54) is 11.3 Å². The molecule has 1 aromatic carbocycles. The summed E-state index contributed by atoms with van der Waals surface area (Å²) in [6.45, 7) is 0.946. The summed E-state index contributed by atoms with van der Waals surface area (Å²) in [5.74, 6) is 1.75. The second-order valence-corrected chi connectivity index (χ2v) is 4.89. The van der Waals surface area contributed by atoms with Crippen LogP contribution in [0.15, 0.2) is 42.9 Å². The molecular weight excluding hydrogens is 250 g/mol. The number of benzene rings is 1. The van der Waals surface area contributed by atoms with Crippen molar-refractivity contribution in [3.8, 4) is 0 Å².